The monoisotopic (exact) mass is 298 g/mol. The van der Waals surface area contributed by atoms with Crippen LogP contribution in [0.3, 0.4) is 0 Å². The van der Waals surface area contributed by atoms with Gasteiger partial charge in [0.15, 0.2) is 0 Å². The number of nitrogens with zero attached hydrogens (tertiary/aromatic N) is 2. The number of fused-ring (bicyclic) bond motifs is 1. The summed E-state index contributed by atoms with van der Waals surface area (Å²) >= 11 is 0. The van der Waals surface area contributed by atoms with Gasteiger partial charge in [0, 0.05) is 13.1 Å². The van der Waals surface area contributed by atoms with Gasteiger partial charge in [-0.3, -0.25) is 0 Å². The lowest BCUT2D eigenvalue weighted by Crippen LogP contribution is -2.53. The molecule has 0 radical (unpaired) electrons. The minimum atomic E-state index is -0.991. The van der Waals surface area contributed by atoms with Gasteiger partial charge in [0.1, 0.15) is 6.04 Å². The van der Waals surface area contributed by atoms with Gasteiger partial charge in [0.05, 0.1) is 12.1 Å². The van der Waals surface area contributed by atoms with Gasteiger partial charge in [-0.05, 0) is 39.0 Å². The zero-order chi connectivity index (χ0) is 15.8. The maximum Gasteiger partial charge on any atom is 0.326 e. The Morgan fingerprint density at radius 1 is 1.29 bits per heavy atom. The molecule has 1 saturated heterocycles. The van der Waals surface area contributed by atoms with Crippen LogP contribution in [-0.4, -0.2) is 63.3 Å². The van der Waals surface area contributed by atoms with E-state index in [1.807, 2.05) is 0 Å². The number of likely N-dealkylation sites (N-methyl/N-ethyl adjacent to an activating group) is 1. The molecular weight excluding hydrogens is 272 g/mol. The molecule has 1 aliphatic heterocycles. The van der Waals surface area contributed by atoms with Crippen molar-refractivity contribution in [2.24, 2.45) is 5.92 Å². The van der Waals surface area contributed by atoms with E-state index in [1.54, 1.807) is 25.8 Å². The summed E-state index contributed by atoms with van der Waals surface area (Å²) in [5, 5.41) is 19.3. The molecule has 1 aliphatic carbocycles. The summed E-state index contributed by atoms with van der Waals surface area (Å²) in [6.07, 6.45) is 4.62. The molecule has 2 aliphatic rings. The maximum absolute atomic E-state index is 12.7. The van der Waals surface area contributed by atoms with Crippen molar-refractivity contribution in [3.63, 3.8) is 0 Å². The average molecular weight is 298 g/mol. The van der Waals surface area contributed by atoms with Crippen LogP contribution in [0, 0.1) is 5.92 Å². The van der Waals surface area contributed by atoms with Gasteiger partial charge >= 0.3 is 12.0 Å². The van der Waals surface area contributed by atoms with Gasteiger partial charge in [-0.25, -0.2) is 9.59 Å². The van der Waals surface area contributed by atoms with E-state index in [0.29, 0.717) is 12.3 Å². The summed E-state index contributed by atoms with van der Waals surface area (Å²) in [7, 11) is 1.62. The first-order chi connectivity index (χ1) is 9.70. The van der Waals surface area contributed by atoms with Crippen molar-refractivity contribution in [3.8, 4) is 0 Å². The molecule has 0 aromatic heterocycles. The zero-order valence-corrected chi connectivity index (χ0v) is 13.1. The largest absolute Gasteiger partial charge is 0.480 e. The second-order valence-corrected chi connectivity index (χ2v) is 7.06. The van der Waals surface area contributed by atoms with E-state index in [2.05, 4.69) is 0 Å². The number of urea groups is 1. The quantitative estimate of drug-likeness (QED) is 0.828. The lowest BCUT2D eigenvalue weighted by atomic mass is 9.85. The topological polar surface area (TPSA) is 81.1 Å². The van der Waals surface area contributed by atoms with E-state index >= 15 is 0 Å². The normalized spacial score (nSPS) is 29.1. The number of carbonyl (C=O) groups excluding carboxylic acids is 1. The molecule has 1 heterocycles. The van der Waals surface area contributed by atoms with Crippen molar-refractivity contribution in [1.82, 2.24) is 9.80 Å². The van der Waals surface area contributed by atoms with Crippen molar-refractivity contribution in [3.05, 3.63) is 0 Å². The third kappa shape index (κ3) is 3.48. The fraction of sp³-hybridized carbons (Fsp3) is 0.867. The molecule has 3 unspecified atom stereocenters. The Balaban J connectivity index is 2.17. The van der Waals surface area contributed by atoms with Gasteiger partial charge in [0.2, 0.25) is 0 Å². The van der Waals surface area contributed by atoms with Crippen LogP contribution in [0.25, 0.3) is 0 Å². The van der Waals surface area contributed by atoms with E-state index in [1.165, 1.54) is 4.90 Å². The van der Waals surface area contributed by atoms with Gasteiger partial charge in [-0.15, -0.1) is 0 Å². The van der Waals surface area contributed by atoms with Crippen molar-refractivity contribution in [2.45, 2.75) is 63.6 Å². The van der Waals surface area contributed by atoms with Crippen LogP contribution in [0.4, 0.5) is 4.79 Å². The first kappa shape index (κ1) is 16.1. The summed E-state index contributed by atoms with van der Waals surface area (Å²) in [4.78, 5) is 27.2. The Labute approximate surface area is 125 Å². The standard InChI is InChI=1S/C15H26N2O4/c1-15(2,21)9-16(3)14(20)17-11-7-5-4-6-10(11)8-12(17)13(18)19/h10-12,21H,4-9H2,1-3H3,(H,18,19). The first-order valence-corrected chi connectivity index (χ1v) is 7.69. The van der Waals surface area contributed by atoms with Gasteiger partial charge in [0.25, 0.3) is 0 Å². The summed E-state index contributed by atoms with van der Waals surface area (Å²) in [6, 6.07) is -0.967. The number of carboxylic acid groups (broad SMARTS) is 1. The van der Waals surface area contributed by atoms with Gasteiger partial charge in [-0.2, -0.15) is 0 Å². The highest BCUT2D eigenvalue weighted by Crippen LogP contribution is 2.40. The lowest BCUT2D eigenvalue weighted by molar-refractivity contribution is -0.141. The number of amides is 2. The highest BCUT2D eigenvalue weighted by Gasteiger charge is 2.48. The number of likely N-dealkylation sites (tertiary alicyclic amines) is 1. The summed E-state index contributed by atoms with van der Waals surface area (Å²) < 4.78 is 0. The molecule has 1 saturated carbocycles. The van der Waals surface area contributed by atoms with E-state index in [4.69, 9.17) is 0 Å². The second-order valence-electron chi connectivity index (χ2n) is 7.06. The van der Waals surface area contributed by atoms with E-state index in [0.717, 1.165) is 25.7 Å². The van der Waals surface area contributed by atoms with Crippen LogP contribution >= 0.6 is 0 Å². The van der Waals surface area contributed by atoms with Crippen molar-refractivity contribution < 1.29 is 19.8 Å². The smallest absolute Gasteiger partial charge is 0.326 e. The predicted molar refractivity (Wildman–Crippen MR) is 77.9 cm³/mol. The highest BCUT2D eigenvalue weighted by molar-refractivity contribution is 5.83. The minimum absolute atomic E-state index is 0.0385. The molecule has 0 bridgehead atoms. The minimum Gasteiger partial charge on any atom is -0.480 e. The van der Waals surface area contributed by atoms with Crippen LogP contribution in [-0.2, 0) is 4.79 Å². The average Bonchev–Trinajstić information content (AvgIpc) is 2.75. The molecule has 3 atom stereocenters. The zero-order valence-electron chi connectivity index (χ0n) is 13.1. The number of hydrogen-bond donors (Lipinski definition) is 2. The molecule has 0 aromatic carbocycles. The Morgan fingerprint density at radius 2 is 1.90 bits per heavy atom. The van der Waals surface area contributed by atoms with Crippen LogP contribution in [0.15, 0.2) is 0 Å². The first-order valence-electron chi connectivity index (χ1n) is 7.69. The number of aliphatic hydroxyl groups is 1. The molecule has 120 valence electrons. The van der Waals surface area contributed by atoms with Gasteiger partial charge in [-0.1, -0.05) is 12.8 Å². The van der Waals surface area contributed by atoms with E-state index in [9.17, 15) is 19.8 Å². The van der Waals surface area contributed by atoms with Crippen LogP contribution < -0.4 is 0 Å². The molecule has 21 heavy (non-hydrogen) atoms. The summed E-state index contributed by atoms with van der Waals surface area (Å²) in [5.41, 5.74) is -0.991. The van der Waals surface area contributed by atoms with Crippen LogP contribution in [0.5, 0.6) is 0 Å². The summed E-state index contributed by atoms with van der Waals surface area (Å²) in [5.74, 6) is -0.617. The number of carbonyl (C=O) groups is 2. The molecule has 0 aromatic rings. The Morgan fingerprint density at radius 3 is 2.48 bits per heavy atom. The fourth-order valence-corrected chi connectivity index (χ4v) is 3.80. The van der Waals surface area contributed by atoms with Crippen molar-refractivity contribution >= 4 is 12.0 Å². The fourth-order valence-electron chi connectivity index (χ4n) is 3.80. The maximum atomic E-state index is 12.7. The molecule has 2 fully saturated rings. The second kappa shape index (κ2) is 5.83. The van der Waals surface area contributed by atoms with E-state index in [-0.39, 0.29) is 18.6 Å². The number of rotatable bonds is 3. The van der Waals surface area contributed by atoms with Crippen molar-refractivity contribution in [2.75, 3.05) is 13.6 Å². The number of hydrogen-bond acceptors (Lipinski definition) is 3. The summed E-state index contributed by atoms with van der Waals surface area (Å²) in [6.45, 7) is 3.46. The Hall–Kier alpha value is -1.30. The third-order valence-electron chi connectivity index (χ3n) is 4.54. The Bertz CT molecular complexity index is 418. The third-order valence-corrected chi connectivity index (χ3v) is 4.54. The lowest BCUT2D eigenvalue weighted by Gasteiger charge is -2.36. The highest BCUT2D eigenvalue weighted by atomic mass is 16.4. The molecule has 2 amide bonds. The van der Waals surface area contributed by atoms with E-state index < -0.39 is 17.6 Å². The molecular formula is C15H26N2O4. The van der Waals surface area contributed by atoms with Gasteiger partial charge < -0.3 is 20.0 Å². The van der Waals surface area contributed by atoms with Crippen LogP contribution in [0.1, 0.15) is 46.0 Å². The van der Waals surface area contributed by atoms with Crippen LogP contribution in [0.2, 0.25) is 0 Å². The number of carboxylic acids is 1. The molecule has 6 nitrogen and oxygen atoms in total. The van der Waals surface area contributed by atoms with Crippen molar-refractivity contribution in [1.29, 1.82) is 0 Å². The molecule has 0 spiro atoms. The number of aliphatic carboxylic acids is 1. The Kier molecular flexibility index (Phi) is 4.46. The SMILES string of the molecule is CN(CC(C)(C)O)C(=O)N1C(C(=O)O)CC2CCCCC21. The molecule has 2 rings (SSSR count). The predicted octanol–water partition coefficient (Wildman–Crippen LogP) is 1.53. The molecule has 6 heteroatoms. The molecule has 2 N–H and O–H groups in total.